The summed E-state index contributed by atoms with van der Waals surface area (Å²) in [4.78, 5) is 37.0. The van der Waals surface area contributed by atoms with Crippen molar-refractivity contribution in [1.82, 2.24) is 9.78 Å². The molecule has 0 spiro atoms. The van der Waals surface area contributed by atoms with Gasteiger partial charge in [-0.2, -0.15) is 5.10 Å². The van der Waals surface area contributed by atoms with E-state index in [4.69, 9.17) is 4.74 Å². The van der Waals surface area contributed by atoms with Gasteiger partial charge in [0.05, 0.1) is 7.11 Å². The fraction of sp³-hybridized carbons (Fsp3) is 0.182. The molecule has 0 saturated heterocycles. The van der Waals surface area contributed by atoms with Crippen molar-refractivity contribution in [2.45, 2.75) is 20.4 Å². The van der Waals surface area contributed by atoms with Crippen molar-refractivity contribution in [2.75, 3.05) is 17.7 Å². The van der Waals surface area contributed by atoms with Crippen molar-refractivity contribution in [1.29, 1.82) is 0 Å². The van der Waals surface area contributed by atoms with Crippen LogP contribution in [0, 0.1) is 13.8 Å². The van der Waals surface area contributed by atoms with Crippen LogP contribution in [0.25, 0.3) is 0 Å². The zero-order valence-corrected chi connectivity index (χ0v) is 16.9. The largest absolute Gasteiger partial charge is 0.497 e. The predicted octanol–water partition coefficient (Wildman–Crippen LogP) is 2.76. The minimum Gasteiger partial charge on any atom is -0.497 e. The third kappa shape index (κ3) is 5.11. The number of aromatic nitrogens is 2. The SMILES string of the molecule is COc1ccc(NC(=O)c2ccc(=O)n(CC(=O)Nc3cc(C)ccc3C)n2)cc1. The lowest BCUT2D eigenvalue weighted by Gasteiger charge is -2.11. The van der Waals surface area contributed by atoms with Gasteiger partial charge in [0.2, 0.25) is 5.91 Å². The van der Waals surface area contributed by atoms with Crippen LogP contribution in [-0.4, -0.2) is 28.7 Å². The fourth-order valence-corrected chi connectivity index (χ4v) is 2.75. The number of nitrogens with zero attached hydrogens (tertiary/aromatic N) is 2. The second-order valence-electron chi connectivity index (χ2n) is 6.76. The number of carbonyl (C=O) groups is 2. The first-order valence-corrected chi connectivity index (χ1v) is 9.26. The molecule has 3 rings (SSSR count). The molecule has 30 heavy (non-hydrogen) atoms. The first-order valence-electron chi connectivity index (χ1n) is 9.26. The summed E-state index contributed by atoms with van der Waals surface area (Å²) in [5, 5.41) is 9.50. The fourth-order valence-electron chi connectivity index (χ4n) is 2.75. The average Bonchev–Trinajstić information content (AvgIpc) is 2.73. The Balaban J connectivity index is 1.72. The van der Waals surface area contributed by atoms with Crippen molar-refractivity contribution in [3.63, 3.8) is 0 Å². The molecule has 0 aliphatic heterocycles. The molecule has 2 amide bonds. The number of aryl methyl sites for hydroxylation is 2. The zero-order chi connectivity index (χ0) is 21.7. The molecule has 0 aliphatic carbocycles. The van der Waals surface area contributed by atoms with E-state index in [0.717, 1.165) is 15.8 Å². The van der Waals surface area contributed by atoms with E-state index in [0.29, 0.717) is 17.1 Å². The quantitative estimate of drug-likeness (QED) is 0.655. The second kappa shape index (κ2) is 9.04. The van der Waals surface area contributed by atoms with E-state index in [9.17, 15) is 14.4 Å². The second-order valence-corrected chi connectivity index (χ2v) is 6.76. The average molecular weight is 406 g/mol. The first kappa shape index (κ1) is 20.8. The molecule has 2 N–H and O–H groups in total. The molecule has 1 aromatic heterocycles. The van der Waals surface area contributed by atoms with Gasteiger partial charge < -0.3 is 15.4 Å². The normalized spacial score (nSPS) is 10.4. The molecule has 8 nitrogen and oxygen atoms in total. The Bertz CT molecular complexity index is 1140. The van der Waals surface area contributed by atoms with Gasteiger partial charge in [-0.3, -0.25) is 14.4 Å². The van der Waals surface area contributed by atoms with Crippen LogP contribution in [0.5, 0.6) is 5.75 Å². The van der Waals surface area contributed by atoms with Gasteiger partial charge >= 0.3 is 0 Å². The van der Waals surface area contributed by atoms with Crippen LogP contribution >= 0.6 is 0 Å². The summed E-state index contributed by atoms with van der Waals surface area (Å²) in [5.74, 6) is -0.246. The molecule has 0 saturated carbocycles. The smallest absolute Gasteiger partial charge is 0.276 e. The molecule has 154 valence electrons. The van der Waals surface area contributed by atoms with Crippen LogP contribution in [-0.2, 0) is 11.3 Å². The lowest BCUT2D eigenvalue weighted by Crippen LogP contribution is -2.31. The standard InChI is InChI=1S/C22H22N4O4/c1-14-4-5-15(2)19(12-14)24-20(27)13-26-21(28)11-10-18(25-26)22(29)23-16-6-8-17(30-3)9-7-16/h4-12H,13H2,1-3H3,(H,23,29)(H,24,27). The Hall–Kier alpha value is -3.94. The number of anilines is 2. The van der Waals surface area contributed by atoms with Crippen LogP contribution in [0.2, 0.25) is 0 Å². The molecule has 0 unspecified atom stereocenters. The van der Waals surface area contributed by atoms with Crippen molar-refractivity contribution in [3.05, 3.63) is 81.8 Å². The summed E-state index contributed by atoms with van der Waals surface area (Å²) in [7, 11) is 1.55. The van der Waals surface area contributed by atoms with Crippen molar-refractivity contribution >= 4 is 23.2 Å². The molecule has 1 heterocycles. The van der Waals surface area contributed by atoms with Gasteiger partial charge in [-0.1, -0.05) is 12.1 Å². The lowest BCUT2D eigenvalue weighted by atomic mass is 10.1. The highest BCUT2D eigenvalue weighted by atomic mass is 16.5. The number of rotatable bonds is 6. The third-order valence-electron chi connectivity index (χ3n) is 4.41. The van der Waals surface area contributed by atoms with E-state index < -0.39 is 17.4 Å². The number of carbonyl (C=O) groups excluding carboxylic acids is 2. The van der Waals surface area contributed by atoms with Gasteiger partial charge in [0.25, 0.3) is 11.5 Å². The highest BCUT2D eigenvalue weighted by Gasteiger charge is 2.13. The van der Waals surface area contributed by atoms with E-state index in [1.54, 1.807) is 31.4 Å². The van der Waals surface area contributed by atoms with Crippen LogP contribution in [0.3, 0.4) is 0 Å². The van der Waals surface area contributed by atoms with Gasteiger partial charge in [0.15, 0.2) is 0 Å². The molecular formula is C22H22N4O4. The van der Waals surface area contributed by atoms with Crippen LogP contribution < -0.4 is 20.9 Å². The van der Waals surface area contributed by atoms with Crippen LogP contribution in [0.4, 0.5) is 11.4 Å². The van der Waals surface area contributed by atoms with E-state index >= 15 is 0 Å². The Morgan fingerprint density at radius 3 is 2.43 bits per heavy atom. The summed E-state index contributed by atoms with van der Waals surface area (Å²) in [6, 6.07) is 15.0. The Kier molecular flexibility index (Phi) is 6.26. The maximum absolute atomic E-state index is 12.5. The van der Waals surface area contributed by atoms with Gasteiger partial charge in [-0.15, -0.1) is 0 Å². The minimum absolute atomic E-state index is 0.0185. The van der Waals surface area contributed by atoms with Gasteiger partial charge in [-0.25, -0.2) is 4.68 Å². The maximum Gasteiger partial charge on any atom is 0.276 e. The minimum atomic E-state index is -0.496. The predicted molar refractivity (Wildman–Crippen MR) is 114 cm³/mol. The number of nitrogens with one attached hydrogen (secondary N) is 2. The number of hydrogen-bond donors (Lipinski definition) is 2. The Labute approximate surface area is 173 Å². The van der Waals surface area contributed by atoms with Gasteiger partial charge in [0.1, 0.15) is 18.0 Å². The molecule has 0 radical (unpaired) electrons. The first-order chi connectivity index (χ1) is 14.4. The van der Waals surface area contributed by atoms with Crippen LogP contribution in [0.1, 0.15) is 21.6 Å². The van der Waals surface area contributed by atoms with Crippen molar-refractivity contribution in [2.24, 2.45) is 0 Å². The number of methoxy groups -OCH3 is 1. The molecule has 0 atom stereocenters. The highest BCUT2D eigenvalue weighted by molar-refractivity contribution is 6.02. The van der Waals surface area contributed by atoms with Crippen LogP contribution in [0.15, 0.2) is 59.4 Å². The summed E-state index contributed by atoms with van der Waals surface area (Å²) in [5.41, 5.74) is 2.66. The molecule has 0 fully saturated rings. The van der Waals surface area contributed by atoms with Crippen molar-refractivity contribution < 1.29 is 14.3 Å². The monoisotopic (exact) mass is 406 g/mol. The molecule has 0 aliphatic rings. The number of amides is 2. The molecule has 0 bridgehead atoms. The van der Waals surface area contributed by atoms with E-state index in [-0.39, 0.29) is 12.2 Å². The highest BCUT2D eigenvalue weighted by Crippen LogP contribution is 2.17. The number of ether oxygens (including phenoxy) is 1. The zero-order valence-electron chi connectivity index (χ0n) is 16.9. The summed E-state index contributed by atoms with van der Waals surface area (Å²) >= 11 is 0. The number of hydrogen-bond acceptors (Lipinski definition) is 5. The maximum atomic E-state index is 12.5. The van der Waals surface area contributed by atoms with Gasteiger partial charge in [-0.05, 0) is 61.4 Å². The summed E-state index contributed by atoms with van der Waals surface area (Å²) in [6.07, 6.45) is 0. The summed E-state index contributed by atoms with van der Waals surface area (Å²) in [6.45, 7) is 3.49. The topological polar surface area (TPSA) is 102 Å². The molecule has 2 aromatic carbocycles. The van der Waals surface area contributed by atoms with Gasteiger partial charge in [0, 0.05) is 17.4 Å². The van der Waals surface area contributed by atoms with E-state index in [1.807, 2.05) is 32.0 Å². The molecular weight excluding hydrogens is 384 g/mol. The molecule has 8 heteroatoms. The molecule has 3 aromatic rings. The lowest BCUT2D eigenvalue weighted by molar-refractivity contribution is -0.117. The van der Waals surface area contributed by atoms with E-state index in [1.165, 1.54) is 12.1 Å². The Morgan fingerprint density at radius 2 is 1.73 bits per heavy atom. The summed E-state index contributed by atoms with van der Waals surface area (Å²) < 4.78 is 6.04. The number of benzene rings is 2. The van der Waals surface area contributed by atoms with E-state index in [2.05, 4.69) is 15.7 Å². The van der Waals surface area contributed by atoms with Crippen molar-refractivity contribution in [3.8, 4) is 5.75 Å². The third-order valence-corrected chi connectivity index (χ3v) is 4.41. The Morgan fingerprint density at radius 1 is 1.00 bits per heavy atom.